The van der Waals surface area contributed by atoms with Crippen molar-refractivity contribution in [1.29, 1.82) is 0 Å². The van der Waals surface area contributed by atoms with E-state index >= 15 is 0 Å². The van der Waals surface area contributed by atoms with Crippen LogP contribution in [0.25, 0.3) is 0 Å². The van der Waals surface area contributed by atoms with Gasteiger partial charge in [0, 0.05) is 0 Å². The number of rotatable bonds is 5. The average molecular weight is 197 g/mol. The summed E-state index contributed by atoms with van der Waals surface area (Å²) in [5, 5.41) is 0. The Bertz CT molecular complexity index is 289. The van der Waals surface area contributed by atoms with Crippen LogP contribution in [0.2, 0.25) is 0 Å². The molecule has 0 radical (unpaired) electrons. The van der Waals surface area contributed by atoms with Gasteiger partial charge in [-0.05, 0) is 18.6 Å². The minimum Gasteiger partial charge on any atom is -0.491 e. The summed E-state index contributed by atoms with van der Waals surface area (Å²) in [7, 11) is 0. The standard InChI is InChI=1S/C11H16FNO/c1-2-3-4-8-14-10-7-5-6-9(12)11(10)13/h5-7H,2-4,8,13H2,1H3. The van der Waals surface area contributed by atoms with Gasteiger partial charge in [-0.3, -0.25) is 0 Å². The summed E-state index contributed by atoms with van der Waals surface area (Å²) in [5.74, 6) is 0.0269. The van der Waals surface area contributed by atoms with E-state index in [-0.39, 0.29) is 5.69 Å². The number of hydrogen-bond donors (Lipinski definition) is 1. The molecule has 0 atom stereocenters. The number of benzene rings is 1. The molecule has 0 aromatic heterocycles. The van der Waals surface area contributed by atoms with Crippen molar-refractivity contribution in [3.8, 4) is 5.75 Å². The van der Waals surface area contributed by atoms with E-state index in [2.05, 4.69) is 6.92 Å². The van der Waals surface area contributed by atoms with E-state index in [0.717, 1.165) is 19.3 Å². The van der Waals surface area contributed by atoms with Crippen molar-refractivity contribution in [2.45, 2.75) is 26.2 Å². The topological polar surface area (TPSA) is 35.2 Å². The predicted octanol–water partition coefficient (Wildman–Crippen LogP) is 2.98. The van der Waals surface area contributed by atoms with Crippen molar-refractivity contribution in [2.75, 3.05) is 12.3 Å². The summed E-state index contributed by atoms with van der Waals surface area (Å²) in [5.41, 5.74) is 5.60. The molecule has 0 spiro atoms. The van der Waals surface area contributed by atoms with Crippen molar-refractivity contribution in [2.24, 2.45) is 0 Å². The fraction of sp³-hybridized carbons (Fsp3) is 0.455. The zero-order valence-electron chi connectivity index (χ0n) is 8.42. The van der Waals surface area contributed by atoms with Crippen LogP contribution in [0.5, 0.6) is 5.75 Å². The number of anilines is 1. The number of halogens is 1. The number of nitrogen functional groups attached to an aromatic ring is 1. The van der Waals surface area contributed by atoms with Crippen LogP contribution in [-0.2, 0) is 0 Å². The maximum absolute atomic E-state index is 12.9. The monoisotopic (exact) mass is 197 g/mol. The molecule has 78 valence electrons. The Morgan fingerprint density at radius 2 is 2.14 bits per heavy atom. The second kappa shape index (κ2) is 5.47. The first-order valence-electron chi connectivity index (χ1n) is 4.92. The Morgan fingerprint density at radius 1 is 1.36 bits per heavy atom. The van der Waals surface area contributed by atoms with E-state index < -0.39 is 5.82 Å². The minimum absolute atomic E-state index is 0.101. The molecular formula is C11H16FNO. The van der Waals surface area contributed by atoms with Crippen LogP contribution in [0.1, 0.15) is 26.2 Å². The molecule has 1 aromatic carbocycles. The molecule has 1 rings (SSSR count). The summed E-state index contributed by atoms with van der Waals surface area (Å²) < 4.78 is 18.3. The Morgan fingerprint density at radius 3 is 2.86 bits per heavy atom. The van der Waals surface area contributed by atoms with Crippen molar-refractivity contribution >= 4 is 5.69 Å². The zero-order valence-corrected chi connectivity index (χ0v) is 8.42. The lowest BCUT2D eigenvalue weighted by atomic mass is 10.2. The number of hydrogen-bond acceptors (Lipinski definition) is 2. The number of nitrogens with two attached hydrogens (primary N) is 1. The van der Waals surface area contributed by atoms with E-state index in [1.54, 1.807) is 12.1 Å². The first-order valence-corrected chi connectivity index (χ1v) is 4.92. The molecule has 3 heteroatoms. The lowest BCUT2D eigenvalue weighted by Gasteiger charge is -2.08. The molecule has 0 saturated heterocycles. The second-order valence-electron chi connectivity index (χ2n) is 3.21. The van der Waals surface area contributed by atoms with Crippen molar-refractivity contribution in [3.05, 3.63) is 24.0 Å². The van der Waals surface area contributed by atoms with Crippen molar-refractivity contribution < 1.29 is 9.13 Å². The third-order valence-corrected chi connectivity index (χ3v) is 2.02. The van der Waals surface area contributed by atoms with Gasteiger partial charge in [-0.2, -0.15) is 0 Å². The average Bonchev–Trinajstić information content (AvgIpc) is 2.19. The molecule has 1 aromatic rings. The molecule has 0 aliphatic heterocycles. The van der Waals surface area contributed by atoms with E-state index in [1.807, 2.05) is 0 Å². The van der Waals surface area contributed by atoms with Gasteiger partial charge in [0.2, 0.25) is 0 Å². The molecule has 0 bridgehead atoms. The molecule has 2 nitrogen and oxygen atoms in total. The number of ether oxygens (including phenoxy) is 1. The molecule has 0 aliphatic rings. The molecule has 0 saturated carbocycles. The Labute approximate surface area is 83.9 Å². The highest BCUT2D eigenvalue weighted by Crippen LogP contribution is 2.23. The highest BCUT2D eigenvalue weighted by Gasteiger charge is 2.04. The SMILES string of the molecule is CCCCCOc1cccc(F)c1N. The molecule has 0 unspecified atom stereocenters. The van der Waals surface area contributed by atoms with Gasteiger partial charge in [0.25, 0.3) is 0 Å². The van der Waals surface area contributed by atoms with Crippen molar-refractivity contribution in [1.82, 2.24) is 0 Å². The molecular weight excluding hydrogens is 181 g/mol. The smallest absolute Gasteiger partial charge is 0.149 e. The van der Waals surface area contributed by atoms with Crippen LogP contribution in [0, 0.1) is 5.82 Å². The van der Waals surface area contributed by atoms with Gasteiger partial charge in [-0.15, -0.1) is 0 Å². The molecule has 0 fully saturated rings. The second-order valence-corrected chi connectivity index (χ2v) is 3.21. The largest absolute Gasteiger partial charge is 0.491 e. The van der Waals surface area contributed by atoms with E-state index in [0.29, 0.717) is 12.4 Å². The van der Waals surface area contributed by atoms with Crippen LogP contribution >= 0.6 is 0 Å². The lowest BCUT2D eigenvalue weighted by molar-refractivity contribution is 0.306. The summed E-state index contributed by atoms with van der Waals surface area (Å²) >= 11 is 0. The van der Waals surface area contributed by atoms with Gasteiger partial charge < -0.3 is 10.5 Å². The first-order chi connectivity index (χ1) is 6.75. The molecule has 0 heterocycles. The Hall–Kier alpha value is -1.25. The summed E-state index contributed by atoms with van der Waals surface area (Å²) in [4.78, 5) is 0. The van der Waals surface area contributed by atoms with Gasteiger partial charge in [-0.1, -0.05) is 25.8 Å². The lowest BCUT2D eigenvalue weighted by Crippen LogP contribution is -2.01. The van der Waals surface area contributed by atoms with Crippen LogP contribution < -0.4 is 10.5 Å². The van der Waals surface area contributed by atoms with Crippen molar-refractivity contribution in [3.63, 3.8) is 0 Å². The van der Waals surface area contributed by atoms with Crippen LogP contribution in [0.3, 0.4) is 0 Å². The molecule has 0 aliphatic carbocycles. The van der Waals surface area contributed by atoms with E-state index in [4.69, 9.17) is 10.5 Å². The van der Waals surface area contributed by atoms with E-state index in [9.17, 15) is 4.39 Å². The molecule has 0 amide bonds. The maximum Gasteiger partial charge on any atom is 0.149 e. The highest BCUT2D eigenvalue weighted by molar-refractivity contribution is 5.53. The number of para-hydroxylation sites is 1. The highest BCUT2D eigenvalue weighted by atomic mass is 19.1. The van der Waals surface area contributed by atoms with Crippen LogP contribution in [0.4, 0.5) is 10.1 Å². The van der Waals surface area contributed by atoms with Crippen LogP contribution in [0.15, 0.2) is 18.2 Å². The molecule has 2 N–H and O–H groups in total. The maximum atomic E-state index is 12.9. The third-order valence-electron chi connectivity index (χ3n) is 2.02. The fourth-order valence-electron chi connectivity index (χ4n) is 1.18. The normalized spacial score (nSPS) is 10.1. The van der Waals surface area contributed by atoms with Gasteiger partial charge in [0.1, 0.15) is 17.3 Å². The van der Waals surface area contributed by atoms with Gasteiger partial charge in [-0.25, -0.2) is 4.39 Å². The minimum atomic E-state index is -0.419. The number of unbranched alkanes of at least 4 members (excludes halogenated alkanes) is 2. The van der Waals surface area contributed by atoms with E-state index in [1.165, 1.54) is 6.07 Å². The predicted molar refractivity (Wildman–Crippen MR) is 55.8 cm³/mol. The molecule has 14 heavy (non-hydrogen) atoms. The third kappa shape index (κ3) is 2.91. The zero-order chi connectivity index (χ0) is 10.4. The fourth-order valence-corrected chi connectivity index (χ4v) is 1.18. The summed E-state index contributed by atoms with van der Waals surface area (Å²) in [6.45, 7) is 2.72. The summed E-state index contributed by atoms with van der Waals surface area (Å²) in [6, 6.07) is 4.61. The Kier molecular flexibility index (Phi) is 4.23. The first kappa shape index (κ1) is 10.8. The van der Waals surface area contributed by atoms with Crippen LogP contribution in [-0.4, -0.2) is 6.61 Å². The van der Waals surface area contributed by atoms with Gasteiger partial charge in [0.05, 0.1) is 6.61 Å². The van der Waals surface area contributed by atoms with Gasteiger partial charge in [0.15, 0.2) is 0 Å². The summed E-state index contributed by atoms with van der Waals surface area (Å²) in [6.07, 6.45) is 3.24. The quantitative estimate of drug-likeness (QED) is 0.581. The Balaban J connectivity index is 2.46. The van der Waals surface area contributed by atoms with Gasteiger partial charge >= 0.3 is 0 Å².